The molecule has 0 nitrogen and oxygen atoms in total. The van der Waals surface area contributed by atoms with Crippen molar-refractivity contribution in [2.24, 2.45) is 0 Å². The Bertz CT molecular complexity index is 34.8. The zero-order chi connectivity index (χ0) is 6.95. The van der Waals surface area contributed by atoms with Crippen LogP contribution in [-0.4, -0.2) is 11.6 Å². The van der Waals surface area contributed by atoms with Crippen LogP contribution >= 0.6 is 28.1 Å². The van der Waals surface area contributed by atoms with E-state index in [1.54, 1.807) is 0 Å². The number of halogens is 2. The van der Waals surface area contributed by atoms with E-state index in [0.29, 0.717) is 0 Å². The standard InChI is InChI=1S/C6H12.Al.2BrH.H/c1-2-4-6-5-3-1;;;;/h1-6H2;;2*1H;/q;+2;;;/p-2. The van der Waals surface area contributed by atoms with Crippen LogP contribution in [0.5, 0.6) is 0 Å². The Morgan fingerprint density at radius 2 is 0.778 bits per heavy atom. The lowest BCUT2D eigenvalue weighted by Crippen LogP contribution is -1.85. The second-order valence-electron chi connectivity index (χ2n) is 2.22. The molecule has 0 spiro atoms. The quantitative estimate of drug-likeness (QED) is 0.593. The van der Waals surface area contributed by atoms with Crippen LogP contribution in [0.1, 0.15) is 38.5 Å². The molecule has 3 heteroatoms. The van der Waals surface area contributed by atoms with Gasteiger partial charge in [-0.2, -0.15) is 0 Å². The van der Waals surface area contributed by atoms with Gasteiger partial charge in [0.2, 0.25) is 0 Å². The Morgan fingerprint density at radius 1 is 0.667 bits per heavy atom. The van der Waals surface area contributed by atoms with E-state index in [1.165, 1.54) is 38.5 Å². The highest BCUT2D eigenvalue weighted by Crippen LogP contribution is 2.15. The molecule has 1 rings (SSSR count). The highest BCUT2D eigenvalue weighted by Gasteiger charge is 1.95. The number of rotatable bonds is 0. The first kappa shape index (κ1) is 10.5. The van der Waals surface area contributed by atoms with Gasteiger partial charge < -0.3 is 0 Å². The summed E-state index contributed by atoms with van der Waals surface area (Å²) in [6.45, 7) is 0. The van der Waals surface area contributed by atoms with Gasteiger partial charge in [0, 0.05) is 0 Å². The number of hydrogen-bond acceptors (Lipinski definition) is 0. The van der Waals surface area contributed by atoms with Crippen LogP contribution in [0.25, 0.3) is 0 Å². The third kappa shape index (κ3) is 9.49. The summed E-state index contributed by atoms with van der Waals surface area (Å²) in [6, 6.07) is 0. The molecule has 0 radical (unpaired) electrons. The topological polar surface area (TPSA) is 0 Å². The van der Waals surface area contributed by atoms with Crippen molar-refractivity contribution < 1.29 is 0 Å². The zero-order valence-corrected chi connectivity index (χ0v) is 10.3. The molecule has 0 saturated heterocycles. The SMILES string of the molecule is C1CCCCC1.[Br][AlH][Br]. The average Bonchev–Trinajstić information content (AvgIpc) is 1.93. The lowest BCUT2D eigenvalue weighted by molar-refractivity contribution is 0.504. The molecule has 0 aliphatic heterocycles. The molecule has 0 atom stereocenters. The fraction of sp³-hybridized carbons (Fsp3) is 1.00. The minimum absolute atomic E-state index is 0.0417. The average molecular weight is 272 g/mol. The van der Waals surface area contributed by atoms with E-state index in [0.717, 1.165) is 0 Å². The third-order valence-electron chi connectivity index (χ3n) is 1.50. The van der Waals surface area contributed by atoms with Gasteiger partial charge in [0.15, 0.2) is 0 Å². The molecule has 0 bridgehead atoms. The first-order chi connectivity index (χ1) is 4.41. The Kier molecular flexibility index (Phi) is 11.1. The van der Waals surface area contributed by atoms with E-state index in [9.17, 15) is 0 Å². The molecule has 1 saturated carbocycles. The summed E-state index contributed by atoms with van der Waals surface area (Å²) in [4.78, 5) is 0. The molecule has 1 aliphatic carbocycles. The van der Waals surface area contributed by atoms with E-state index in [2.05, 4.69) is 28.1 Å². The summed E-state index contributed by atoms with van der Waals surface area (Å²) >= 11 is 6.44. The maximum absolute atomic E-state index is 3.20. The second kappa shape index (κ2) is 9.49. The van der Waals surface area contributed by atoms with Crippen LogP contribution in [0.3, 0.4) is 0 Å². The monoisotopic (exact) mass is 270 g/mol. The largest absolute Gasteiger partial charge is 0.435 e. The molecule has 0 amide bonds. The minimum atomic E-state index is 0.0417. The van der Waals surface area contributed by atoms with Gasteiger partial charge in [0.1, 0.15) is 0 Å². The first-order valence-corrected chi connectivity index (χ1v) is 11.3. The lowest BCUT2D eigenvalue weighted by atomic mass is 10.0. The van der Waals surface area contributed by atoms with Crippen molar-refractivity contribution in [3.63, 3.8) is 0 Å². The third-order valence-corrected chi connectivity index (χ3v) is 1.50. The maximum atomic E-state index is 3.20. The second-order valence-corrected chi connectivity index (χ2v) is 10.3. The van der Waals surface area contributed by atoms with Crippen molar-refractivity contribution >= 4 is 39.7 Å². The molecule has 54 valence electrons. The smallest absolute Gasteiger partial charge is 0.203 e. The van der Waals surface area contributed by atoms with Gasteiger partial charge in [-0.25, -0.2) is 28.1 Å². The fourth-order valence-electron chi connectivity index (χ4n) is 1.06. The highest BCUT2D eigenvalue weighted by atomic mass is 79.9. The van der Waals surface area contributed by atoms with Crippen molar-refractivity contribution in [3.05, 3.63) is 0 Å². The van der Waals surface area contributed by atoms with Gasteiger partial charge >= 0.3 is 11.6 Å². The van der Waals surface area contributed by atoms with E-state index in [-0.39, 0.29) is 11.6 Å². The van der Waals surface area contributed by atoms with Crippen molar-refractivity contribution in [2.45, 2.75) is 38.5 Å². The molecular weight excluding hydrogens is 259 g/mol. The fourth-order valence-corrected chi connectivity index (χ4v) is 1.06. The first-order valence-electron chi connectivity index (χ1n) is 3.53. The summed E-state index contributed by atoms with van der Waals surface area (Å²) in [5.41, 5.74) is 0. The van der Waals surface area contributed by atoms with Gasteiger partial charge in [-0.3, -0.25) is 0 Å². The Balaban J connectivity index is 0.000000187. The predicted molar refractivity (Wildman–Crippen MR) is 52.7 cm³/mol. The molecule has 1 aliphatic rings. The molecule has 0 N–H and O–H groups in total. The van der Waals surface area contributed by atoms with E-state index >= 15 is 0 Å². The number of hydrogen-bond donors (Lipinski definition) is 0. The van der Waals surface area contributed by atoms with Gasteiger partial charge in [0.05, 0.1) is 0 Å². The molecule has 0 aromatic carbocycles. The van der Waals surface area contributed by atoms with Gasteiger partial charge in [0.25, 0.3) is 0 Å². The van der Waals surface area contributed by atoms with E-state index in [1.807, 2.05) is 0 Å². The zero-order valence-electron chi connectivity index (χ0n) is 5.71. The molecule has 0 aromatic rings. The Hall–Kier alpha value is 1.49. The highest BCUT2D eigenvalue weighted by molar-refractivity contribution is 9.47. The summed E-state index contributed by atoms with van der Waals surface area (Å²) in [6.07, 6.45) is 9.00. The maximum Gasteiger partial charge on any atom is 0.435 e. The van der Waals surface area contributed by atoms with Crippen LogP contribution in [0.15, 0.2) is 0 Å². The van der Waals surface area contributed by atoms with E-state index in [4.69, 9.17) is 0 Å². The van der Waals surface area contributed by atoms with Gasteiger partial charge in [-0.05, 0) is 0 Å². The minimum Gasteiger partial charge on any atom is -0.203 e. The molecule has 9 heavy (non-hydrogen) atoms. The van der Waals surface area contributed by atoms with Crippen LogP contribution in [0.2, 0.25) is 0 Å². The van der Waals surface area contributed by atoms with Crippen molar-refractivity contribution in [2.75, 3.05) is 0 Å². The van der Waals surface area contributed by atoms with Gasteiger partial charge in [-0.1, -0.05) is 38.5 Å². The summed E-state index contributed by atoms with van der Waals surface area (Å²) in [5, 5.41) is 0. The van der Waals surface area contributed by atoms with E-state index < -0.39 is 0 Å². The Morgan fingerprint density at radius 3 is 0.889 bits per heavy atom. The van der Waals surface area contributed by atoms with Crippen molar-refractivity contribution in [3.8, 4) is 0 Å². The van der Waals surface area contributed by atoms with Crippen molar-refractivity contribution in [1.82, 2.24) is 0 Å². The summed E-state index contributed by atoms with van der Waals surface area (Å²) in [7, 11) is 0. The normalized spacial score (nSPS) is 17.6. The Labute approximate surface area is 77.8 Å². The van der Waals surface area contributed by atoms with Crippen LogP contribution in [0, 0.1) is 0 Å². The van der Waals surface area contributed by atoms with Crippen LogP contribution in [0.4, 0.5) is 0 Å². The summed E-state index contributed by atoms with van der Waals surface area (Å²) in [5.74, 6) is 0. The predicted octanol–water partition coefficient (Wildman–Crippen LogP) is 3.38. The molecular formula is C6H13AlBr2. The van der Waals surface area contributed by atoms with Crippen molar-refractivity contribution in [1.29, 1.82) is 0 Å². The summed E-state index contributed by atoms with van der Waals surface area (Å²) < 4.78 is 0. The molecule has 1 fully saturated rings. The van der Waals surface area contributed by atoms with Crippen LogP contribution in [-0.2, 0) is 0 Å². The lowest BCUT2D eigenvalue weighted by Gasteiger charge is -2.05. The molecule has 0 unspecified atom stereocenters. The molecule has 0 heterocycles. The van der Waals surface area contributed by atoms with Gasteiger partial charge in [-0.15, -0.1) is 0 Å². The van der Waals surface area contributed by atoms with Crippen LogP contribution < -0.4 is 0 Å². The molecule has 0 aromatic heterocycles.